The van der Waals surface area contributed by atoms with E-state index < -0.39 is 5.41 Å². The first kappa shape index (κ1) is 21.1. The molecule has 0 aromatic heterocycles. The lowest BCUT2D eigenvalue weighted by Crippen LogP contribution is -2.44. The zero-order valence-electron chi connectivity index (χ0n) is 17.7. The molecule has 0 saturated carbocycles. The van der Waals surface area contributed by atoms with Crippen LogP contribution in [0, 0.1) is 5.41 Å². The number of carbonyl (C=O) groups is 2. The smallest absolute Gasteiger partial charge is 0.262 e. The number of para-hydroxylation sites is 1. The normalized spacial score (nSPS) is 19.4. The van der Waals surface area contributed by atoms with Crippen LogP contribution in [0.15, 0.2) is 60.7 Å². The van der Waals surface area contributed by atoms with E-state index in [9.17, 15) is 9.59 Å². The lowest BCUT2D eigenvalue weighted by molar-refractivity contribution is -0.140. The van der Waals surface area contributed by atoms with Crippen molar-refractivity contribution in [1.29, 1.82) is 0 Å². The van der Waals surface area contributed by atoms with Gasteiger partial charge in [0.2, 0.25) is 0 Å². The Morgan fingerprint density at radius 1 is 0.897 bits per heavy atom. The molecule has 2 aromatic carbocycles. The third-order valence-electron chi connectivity index (χ3n) is 5.55. The van der Waals surface area contributed by atoms with E-state index in [4.69, 9.17) is 0 Å². The first-order chi connectivity index (χ1) is 14.0. The second kappa shape index (κ2) is 9.23. The molecule has 5 nitrogen and oxygen atoms in total. The van der Waals surface area contributed by atoms with Crippen molar-refractivity contribution in [2.24, 2.45) is 5.41 Å². The zero-order chi connectivity index (χ0) is 20.9. The van der Waals surface area contributed by atoms with Crippen LogP contribution in [0.25, 0.3) is 0 Å². The number of rotatable bonds is 9. The van der Waals surface area contributed by atoms with Gasteiger partial charge in [-0.15, -0.1) is 0 Å². The molecule has 0 aliphatic carbocycles. The molecule has 1 aliphatic heterocycles. The third kappa shape index (κ3) is 4.35. The molecule has 1 atom stereocenters. The van der Waals surface area contributed by atoms with Gasteiger partial charge in [-0.1, -0.05) is 68.3 Å². The van der Waals surface area contributed by atoms with Gasteiger partial charge in [-0.05, 0) is 44.6 Å². The number of unbranched alkanes of at least 4 members (excludes halogenated alkanes) is 1. The largest absolute Gasteiger partial charge is 0.308 e. The highest BCUT2D eigenvalue weighted by Gasteiger charge is 2.57. The maximum Gasteiger partial charge on any atom is 0.262 e. The molecule has 5 heteroatoms. The SMILES string of the molecule is CCCCC1(Cc2ccccc2)C(=O)N(CCN(C)C)N(c2ccccc2)C1=O. The van der Waals surface area contributed by atoms with Gasteiger partial charge in [0.25, 0.3) is 11.8 Å². The van der Waals surface area contributed by atoms with E-state index in [-0.39, 0.29) is 11.8 Å². The second-order valence-electron chi connectivity index (χ2n) is 8.03. The third-order valence-corrected chi connectivity index (χ3v) is 5.55. The number of hydrogen-bond donors (Lipinski definition) is 0. The van der Waals surface area contributed by atoms with Crippen LogP contribution in [-0.2, 0) is 16.0 Å². The van der Waals surface area contributed by atoms with Gasteiger partial charge in [-0.2, -0.15) is 0 Å². The lowest BCUT2D eigenvalue weighted by atomic mass is 9.76. The Hall–Kier alpha value is -2.66. The van der Waals surface area contributed by atoms with Crippen molar-refractivity contribution in [1.82, 2.24) is 9.91 Å². The molecule has 0 radical (unpaired) electrons. The van der Waals surface area contributed by atoms with Gasteiger partial charge in [0.15, 0.2) is 0 Å². The first-order valence-electron chi connectivity index (χ1n) is 10.4. The molecular weight excluding hydrogens is 362 g/mol. The standard InChI is InChI=1S/C24H31N3O2/c1-4-5-16-24(19-20-12-8-6-9-13-20)22(28)26(18-17-25(2)3)27(23(24)29)21-14-10-7-11-15-21/h6-15H,4-5,16-19H2,1-3H3. The van der Waals surface area contributed by atoms with E-state index in [0.717, 1.165) is 24.1 Å². The van der Waals surface area contributed by atoms with Crippen molar-refractivity contribution < 1.29 is 9.59 Å². The predicted octanol–water partition coefficient (Wildman–Crippen LogP) is 3.76. The van der Waals surface area contributed by atoms with Crippen LogP contribution < -0.4 is 5.01 Å². The molecule has 1 fully saturated rings. The number of likely N-dealkylation sites (N-methyl/N-ethyl adjacent to an activating group) is 1. The molecule has 1 aliphatic rings. The van der Waals surface area contributed by atoms with Crippen LogP contribution in [-0.4, -0.2) is 48.9 Å². The summed E-state index contributed by atoms with van der Waals surface area (Å²) in [4.78, 5) is 29.7. The van der Waals surface area contributed by atoms with Gasteiger partial charge in [0.05, 0.1) is 12.2 Å². The number of amides is 2. The number of hydrogen-bond acceptors (Lipinski definition) is 3. The molecule has 2 amide bonds. The Bertz CT molecular complexity index is 823. The van der Waals surface area contributed by atoms with Crippen molar-refractivity contribution in [3.05, 3.63) is 66.2 Å². The summed E-state index contributed by atoms with van der Waals surface area (Å²) in [6.45, 7) is 3.27. The fourth-order valence-electron chi connectivity index (χ4n) is 3.94. The average Bonchev–Trinajstić information content (AvgIpc) is 2.93. The molecule has 2 aromatic rings. The van der Waals surface area contributed by atoms with Gasteiger partial charge in [-0.3, -0.25) is 9.59 Å². The molecule has 154 valence electrons. The Morgan fingerprint density at radius 3 is 2.10 bits per heavy atom. The Kier molecular flexibility index (Phi) is 6.70. The van der Waals surface area contributed by atoms with E-state index in [1.54, 1.807) is 10.0 Å². The molecular formula is C24H31N3O2. The van der Waals surface area contributed by atoms with Crippen molar-refractivity contribution in [2.75, 3.05) is 32.2 Å². The van der Waals surface area contributed by atoms with E-state index in [2.05, 4.69) is 6.92 Å². The molecule has 0 spiro atoms. The number of nitrogens with zero attached hydrogens (tertiary/aromatic N) is 3. The minimum Gasteiger partial charge on any atom is -0.308 e. The van der Waals surface area contributed by atoms with Crippen LogP contribution >= 0.6 is 0 Å². The van der Waals surface area contributed by atoms with Crippen LogP contribution in [0.5, 0.6) is 0 Å². The summed E-state index contributed by atoms with van der Waals surface area (Å²) in [6, 6.07) is 19.4. The number of benzene rings is 2. The van der Waals surface area contributed by atoms with E-state index >= 15 is 0 Å². The molecule has 1 unspecified atom stereocenters. The Morgan fingerprint density at radius 2 is 1.52 bits per heavy atom. The summed E-state index contributed by atoms with van der Waals surface area (Å²) in [5.74, 6) is -0.185. The molecule has 1 saturated heterocycles. The molecule has 3 rings (SSSR count). The fraction of sp³-hybridized carbons (Fsp3) is 0.417. The number of hydrazine groups is 1. The highest BCUT2D eigenvalue weighted by molar-refractivity contribution is 6.18. The van der Waals surface area contributed by atoms with Crippen LogP contribution in [0.4, 0.5) is 5.69 Å². The van der Waals surface area contributed by atoms with Gasteiger partial charge in [-0.25, -0.2) is 10.0 Å². The van der Waals surface area contributed by atoms with Crippen LogP contribution in [0.2, 0.25) is 0 Å². The van der Waals surface area contributed by atoms with Gasteiger partial charge in [0.1, 0.15) is 5.41 Å². The van der Waals surface area contributed by atoms with Gasteiger partial charge < -0.3 is 4.90 Å². The summed E-state index contributed by atoms with van der Waals surface area (Å²) in [6.07, 6.45) is 2.79. The highest BCUT2D eigenvalue weighted by Crippen LogP contribution is 2.41. The second-order valence-corrected chi connectivity index (χ2v) is 8.03. The van der Waals surface area contributed by atoms with Crippen LogP contribution in [0.3, 0.4) is 0 Å². The van der Waals surface area contributed by atoms with Crippen LogP contribution in [0.1, 0.15) is 31.7 Å². The molecule has 1 heterocycles. The topological polar surface area (TPSA) is 43.9 Å². The number of anilines is 1. The lowest BCUT2D eigenvalue weighted by Gasteiger charge is -2.28. The molecule has 0 N–H and O–H groups in total. The fourth-order valence-corrected chi connectivity index (χ4v) is 3.94. The van der Waals surface area contributed by atoms with E-state index in [0.29, 0.717) is 25.9 Å². The Labute approximate surface area is 173 Å². The summed E-state index contributed by atoms with van der Waals surface area (Å²) < 4.78 is 0. The average molecular weight is 394 g/mol. The predicted molar refractivity (Wildman–Crippen MR) is 116 cm³/mol. The highest BCUT2D eigenvalue weighted by atomic mass is 16.2. The van der Waals surface area contributed by atoms with Gasteiger partial charge in [0, 0.05) is 6.54 Å². The maximum atomic E-state index is 13.9. The first-order valence-corrected chi connectivity index (χ1v) is 10.4. The van der Waals surface area contributed by atoms with Crippen molar-refractivity contribution in [2.45, 2.75) is 32.6 Å². The minimum atomic E-state index is -1.04. The maximum absolute atomic E-state index is 13.9. The summed E-state index contributed by atoms with van der Waals surface area (Å²) in [5, 5.41) is 3.28. The van der Waals surface area contributed by atoms with Crippen molar-refractivity contribution in [3.63, 3.8) is 0 Å². The van der Waals surface area contributed by atoms with E-state index in [1.807, 2.05) is 79.7 Å². The van der Waals surface area contributed by atoms with Crippen molar-refractivity contribution in [3.8, 4) is 0 Å². The molecule has 29 heavy (non-hydrogen) atoms. The molecule has 0 bridgehead atoms. The zero-order valence-corrected chi connectivity index (χ0v) is 17.7. The minimum absolute atomic E-state index is 0.0782. The van der Waals surface area contributed by atoms with E-state index in [1.165, 1.54) is 0 Å². The summed E-state index contributed by atoms with van der Waals surface area (Å²) >= 11 is 0. The quantitative estimate of drug-likeness (QED) is 0.610. The monoisotopic (exact) mass is 393 g/mol. The summed E-state index contributed by atoms with van der Waals surface area (Å²) in [5.41, 5.74) is 0.725. The summed E-state index contributed by atoms with van der Waals surface area (Å²) in [7, 11) is 3.95. The van der Waals surface area contributed by atoms with Gasteiger partial charge >= 0.3 is 0 Å². The van der Waals surface area contributed by atoms with Crippen molar-refractivity contribution >= 4 is 17.5 Å². The number of carbonyl (C=O) groups excluding carboxylic acids is 2. The Balaban J connectivity index is 2.04.